The van der Waals surface area contributed by atoms with E-state index >= 15 is 0 Å². The van der Waals surface area contributed by atoms with Crippen LogP contribution < -0.4 is 5.32 Å². The summed E-state index contributed by atoms with van der Waals surface area (Å²) in [6.45, 7) is 2.40. The Hall–Kier alpha value is -0.830. The topological polar surface area (TPSA) is 32.3 Å². The first kappa shape index (κ1) is 11.6. The Labute approximate surface area is 97.9 Å². The number of nitrogens with zero attached hydrogens (tertiary/aromatic N) is 1. The number of likely N-dealkylation sites (tertiary alicyclic amines) is 1. The third-order valence-corrected chi connectivity index (χ3v) is 3.90. The van der Waals surface area contributed by atoms with Crippen LogP contribution in [0.5, 0.6) is 0 Å². The zero-order chi connectivity index (χ0) is 11.4. The van der Waals surface area contributed by atoms with Crippen LogP contribution >= 0.6 is 0 Å². The lowest BCUT2D eigenvalue weighted by Crippen LogP contribution is -2.48. The van der Waals surface area contributed by atoms with Crippen molar-refractivity contribution in [2.75, 3.05) is 26.7 Å². The molecule has 1 saturated heterocycles. The first-order valence-electron chi connectivity index (χ1n) is 6.33. The van der Waals surface area contributed by atoms with Gasteiger partial charge < -0.3 is 10.2 Å². The largest absolute Gasteiger partial charge is 0.341 e. The lowest BCUT2D eigenvalue weighted by molar-refractivity contribution is -0.133. The van der Waals surface area contributed by atoms with Crippen LogP contribution in [0.3, 0.4) is 0 Å². The summed E-state index contributed by atoms with van der Waals surface area (Å²) < 4.78 is 0. The van der Waals surface area contributed by atoms with Gasteiger partial charge in [-0.15, -0.1) is 0 Å². The van der Waals surface area contributed by atoms with Gasteiger partial charge in [0.1, 0.15) is 0 Å². The Morgan fingerprint density at radius 3 is 3.00 bits per heavy atom. The predicted octanol–water partition coefficient (Wildman–Crippen LogP) is 1.55. The van der Waals surface area contributed by atoms with E-state index in [2.05, 4.69) is 22.4 Å². The number of rotatable bonds is 2. The Morgan fingerprint density at radius 2 is 2.31 bits per heavy atom. The molecular formula is C13H22N2O. The maximum Gasteiger partial charge on any atom is 0.236 e. The highest BCUT2D eigenvalue weighted by Gasteiger charge is 2.36. The molecule has 1 fully saturated rings. The number of allylic oxidation sites excluding steroid dienone is 2. The molecule has 1 unspecified atom stereocenters. The molecule has 0 bridgehead atoms. The van der Waals surface area contributed by atoms with E-state index in [1.807, 2.05) is 7.05 Å². The van der Waals surface area contributed by atoms with E-state index in [1.54, 1.807) is 0 Å². The molecule has 1 heterocycles. The fraction of sp³-hybridized carbons (Fsp3) is 0.769. The predicted molar refractivity (Wildman–Crippen MR) is 65.2 cm³/mol. The van der Waals surface area contributed by atoms with E-state index in [9.17, 15) is 4.79 Å². The van der Waals surface area contributed by atoms with Gasteiger partial charge in [0.2, 0.25) is 5.91 Å². The average Bonchev–Trinajstić information content (AvgIpc) is 2.30. The molecule has 0 aromatic heterocycles. The summed E-state index contributed by atoms with van der Waals surface area (Å²) in [5, 5.41) is 2.95. The van der Waals surface area contributed by atoms with Crippen molar-refractivity contribution in [3.8, 4) is 0 Å². The van der Waals surface area contributed by atoms with E-state index in [0.717, 1.165) is 19.5 Å². The lowest BCUT2D eigenvalue weighted by Gasteiger charge is -2.44. The van der Waals surface area contributed by atoms with Crippen LogP contribution in [0, 0.1) is 5.41 Å². The molecule has 90 valence electrons. The van der Waals surface area contributed by atoms with Gasteiger partial charge in [-0.25, -0.2) is 0 Å². The van der Waals surface area contributed by atoms with Crippen LogP contribution in [0.1, 0.15) is 32.1 Å². The molecule has 1 aliphatic heterocycles. The number of carbonyl (C=O) groups is 1. The van der Waals surface area contributed by atoms with Gasteiger partial charge in [-0.1, -0.05) is 12.2 Å². The standard InChI is InChI=1S/C13H22N2O/c1-14-10-12(16)15-9-5-8-13(11-15)6-3-2-4-7-13/h2-3,14H,4-11H2,1H3. The van der Waals surface area contributed by atoms with Crippen LogP contribution in [0.25, 0.3) is 0 Å². The van der Waals surface area contributed by atoms with E-state index in [-0.39, 0.29) is 5.91 Å². The molecule has 1 atom stereocenters. The van der Waals surface area contributed by atoms with Crippen molar-refractivity contribution in [1.29, 1.82) is 0 Å². The number of nitrogens with one attached hydrogen (secondary N) is 1. The van der Waals surface area contributed by atoms with E-state index in [1.165, 1.54) is 25.7 Å². The second-order valence-electron chi connectivity index (χ2n) is 5.16. The highest BCUT2D eigenvalue weighted by molar-refractivity contribution is 5.78. The fourth-order valence-corrected chi connectivity index (χ4v) is 3.00. The van der Waals surface area contributed by atoms with Crippen LogP contribution in [0.15, 0.2) is 12.2 Å². The maximum atomic E-state index is 11.9. The SMILES string of the molecule is CNCC(=O)N1CCCC2(CC=CCC2)C1. The molecule has 1 amide bonds. The first-order valence-corrected chi connectivity index (χ1v) is 6.33. The summed E-state index contributed by atoms with van der Waals surface area (Å²) in [4.78, 5) is 13.9. The number of piperidine rings is 1. The van der Waals surface area contributed by atoms with Crippen LogP contribution in [-0.2, 0) is 4.79 Å². The van der Waals surface area contributed by atoms with Gasteiger partial charge in [0, 0.05) is 13.1 Å². The van der Waals surface area contributed by atoms with Crippen LogP contribution in [-0.4, -0.2) is 37.5 Å². The molecule has 1 N–H and O–H groups in total. The van der Waals surface area contributed by atoms with Crippen molar-refractivity contribution in [3.05, 3.63) is 12.2 Å². The summed E-state index contributed by atoms with van der Waals surface area (Å²) in [5.41, 5.74) is 0.399. The lowest BCUT2D eigenvalue weighted by atomic mass is 9.71. The zero-order valence-corrected chi connectivity index (χ0v) is 10.2. The molecule has 2 aliphatic rings. The summed E-state index contributed by atoms with van der Waals surface area (Å²) in [6, 6.07) is 0. The molecule has 3 heteroatoms. The van der Waals surface area contributed by atoms with E-state index in [4.69, 9.17) is 0 Å². The third kappa shape index (κ3) is 2.46. The molecule has 1 spiro atoms. The minimum atomic E-state index is 0.260. The molecule has 1 aliphatic carbocycles. The van der Waals surface area contributed by atoms with Gasteiger partial charge in [-0.3, -0.25) is 4.79 Å². The first-order chi connectivity index (χ1) is 7.76. The molecule has 2 rings (SSSR count). The van der Waals surface area contributed by atoms with Crippen molar-refractivity contribution in [2.45, 2.75) is 32.1 Å². The second-order valence-corrected chi connectivity index (χ2v) is 5.16. The van der Waals surface area contributed by atoms with E-state index < -0.39 is 0 Å². The summed E-state index contributed by atoms with van der Waals surface area (Å²) >= 11 is 0. The normalized spacial score (nSPS) is 29.7. The molecule has 0 aromatic rings. The van der Waals surface area contributed by atoms with Crippen molar-refractivity contribution in [1.82, 2.24) is 10.2 Å². The molecule has 0 radical (unpaired) electrons. The number of hydrogen-bond donors (Lipinski definition) is 1. The minimum absolute atomic E-state index is 0.260. The van der Waals surface area contributed by atoms with Gasteiger partial charge >= 0.3 is 0 Å². The highest BCUT2D eigenvalue weighted by Crippen LogP contribution is 2.40. The van der Waals surface area contributed by atoms with Gasteiger partial charge in [0.05, 0.1) is 6.54 Å². The van der Waals surface area contributed by atoms with Crippen LogP contribution in [0.4, 0.5) is 0 Å². The van der Waals surface area contributed by atoms with Gasteiger partial charge in [0.25, 0.3) is 0 Å². The van der Waals surface area contributed by atoms with Crippen molar-refractivity contribution >= 4 is 5.91 Å². The summed E-state index contributed by atoms with van der Waals surface area (Å²) in [6.07, 6.45) is 10.6. The van der Waals surface area contributed by atoms with Gasteiger partial charge in [-0.05, 0) is 44.6 Å². The minimum Gasteiger partial charge on any atom is -0.341 e. The summed E-state index contributed by atoms with van der Waals surface area (Å²) in [7, 11) is 1.83. The molecule has 3 nitrogen and oxygen atoms in total. The molecular weight excluding hydrogens is 200 g/mol. The second kappa shape index (κ2) is 5.00. The fourth-order valence-electron chi connectivity index (χ4n) is 3.00. The smallest absolute Gasteiger partial charge is 0.236 e. The highest BCUT2D eigenvalue weighted by atomic mass is 16.2. The van der Waals surface area contributed by atoms with Gasteiger partial charge in [0.15, 0.2) is 0 Å². The van der Waals surface area contributed by atoms with Crippen molar-refractivity contribution in [3.63, 3.8) is 0 Å². The molecule has 0 saturated carbocycles. The zero-order valence-electron chi connectivity index (χ0n) is 10.2. The monoisotopic (exact) mass is 222 g/mol. The van der Waals surface area contributed by atoms with Crippen LogP contribution in [0.2, 0.25) is 0 Å². The number of hydrogen-bond acceptors (Lipinski definition) is 2. The number of carbonyl (C=O) groups excluding carboxylic acids is 1. The average molecular weight is 222 g/mol. The Bertz CT molecular complexity index is 288. The van der Waals surface area contributed by atoms with Crippen molar-refractivity contribution in [2.24, 2.45) is 5.41 Å². The Morgan fingerprint density at radius 1 is 1.44 bits per heavy atom. The van der Waals surface area contributed by atoms with Gasteiger partial charge in [-0.2, -0.15) is 0 Å². The van der Waals surface area contributed by atoms with Crippen molar-refractivity contribution < 1.29 is 4.79 Å². The Kier molecular flexibility index (Phi) is 3.64. The number of amides is 1. The Balaban J connectivity index is 1.98. The molecule has 0 aromatic carbocycles. The molecule has 16 heavy (non-hydrogen) atoms. The quantitative estimate of drug-likeness (QED) is 0.719. The maximum absolute atomic E-state index is 11.9. The van der Waals surface area contributed by atoms with E-state index in [0.29, 0.717) is 12.0 Å². The number of likely N-dealkylation sites (N-methyl/N-ethyl adjacent to an activating group) is 1. The summed E-state index contributed by atoms with van der Waals surface area (Å²) in [5.74, 6) is 0.260. The third-order valence-electron chi connectivity index (χ3n) is 3.90.